The minimum Gasteiger partial charge on any atom is -0.493 e. The van der Waals surface area contributed by atoms with Crippen molar-refractivity contribution in [3.8, 4) is 28.8 Å². The molecule has 2 amide bonds. The van der Waals surface area contributed by atoms with Crippen LogP contribution >= 0.6 is 0 Å². The van der Waals surface area contributed by atoms with Gasteiger partial charge in [0.2, 0.25) is 0 Å². The predicted octanol–water partition coefficient (Wildman–Crippen LogP) is 5.82. The quantitative estimate of drug-likeness (QED) is 0.282. The van der Waals surface area contributed by atoms with E-state index in [1.807, 2.05) is 80.7 Å². The number of hydrogen-bond donors (Lipinski definition) is 0. The van der Waals surface area contributed by atoms with Crippen molar-refractivity contribution in [1.82, 2.24) is 14.7 Å². The Morgan fingerprint density at radius 2 is 1.66 bits per heavy atom. The van der Waals surface area contributed by atoms with Gasteiger partial charge in [0, 0.05) is 29.4 Å². The molecule has 0 spiro atoms. The molecule has 194 valence electrons. The number of nitrogens with zero attached hydrogens (tertiary/aromatic N) is 4. The van der Waals surface area contributed by atoms with Gasteiger partial charge in [-0.1, -0.05) is 45.9 Å². The molecule has 7 nitrogen and oxygen atoms in total. The fourth-order valence-corrected chi connectivity index (χ4v) is 4.22. The summed E-state index contributed by atoms with van der Waals surface area (Å²) >= 11 is 0. The van der Waals surface area contributed by atoms with Gasteiger partial charge in [0.1, 0.15) is 17.4 Å². The summed E-state index contributed by atoms with van der Waals surface area (Å²) in [4.78, 5) is 27.5. The summed E-state index contributed by atoms with van der Waals surface area (Å²) in [6.07, 6.45) is 3.59. The third kappa shape index (κ3) is 5.60. The second-order valence-electron chi connectivity index (χ2n) is 10.2. The second-order valence-corrected chi connectivity index (χ2v) is 10.2. The minimum absolute atomic E-state index is 0.0137. The number of nitriles is 1. The molecule has 1 aliphatic heterocycles. The zero-order valence-electron chi connectivity index (χ0n) is 22.4. The number of benzene rings is 2. The van der Waals surface area contributed by atoms with E-state index in [-0.39, 0.29) is 18.0 Å². The summed E-state index contributed by atoms with van der Waals surface area (Å²) < 4.78 is 7.60. The molecule has 0 unspecified atom stereocenters. The lowest BCUT2D eigenvalue weighted by molar-refractivity contribution is -0.141. The van der Waals surface area contributed by atoms with E-state index >= 15 is 0 Å². The van der Waals surface area contributed by atoms with E-state index < -0.39 is 11.8 Å². The summed E-state index contributed by atoms with van der Waals surface area (Å²) in [6, 6.07) is 19.4. The van der Waals surface area contributed by atoms with Gasteiger partial charge in [-0.25, -0.2) is 4.68 Å². The number of amides is 2. The molecule has 1 aliphatic rings. The van der Waals surface area contributed by atoms with Crippen molar-refractivity contribution in [1.29, 1.82) is 5.26 Å². The largest absolute Gasteiger partial charge is 0.493 e. The molecule has 1 aromatic heterocycles. The van der Waals surface area contributed by atoms with Crippen molar-refractivity contribution in [3.05, 3.63) is 83.1 Å². The Hall–Kier alpha value is -4.44. The first-order chi connectivity index (χ1) is 18.2. The molecule has 0 fully saturated rings. The lowest BCUT2D eigenvalue weighted by Gasteiger charge is -2.28. The lowest BCUT2D eigenvalue weighted by Crippen LogP contribution is -2.44. The standard InChI is InChI=1S/C31H32N4O3/c1-20(2)17-34-30(36)27(22(5)28(16-32)31(34)37)15-24-18-35(25-9-7-6-8-10-25)33-29(24)23-11-13-26(14-12-23)38-19-21(3)4/h6-15,18,20-21H,17,19H2,1-5H3/b27-15+. The van der Waals surface area contributed by atoms with Crippen molar-refractivity contribution in [2.45, 2.75) is 34.6 Å². The smallest absolute Gasteiger partial charge is 0.271 e. The highest BCUT2D eigenvalue weighted by atomic mass is 16.5. The third-order valence-electron chi connectivity index (χ3n) is 6.15. The monoisotopic (exact) mass is 508 g/mol. The van der Waals surface area contributed by atoms with Gasteiger partial charge in [0.05, 0.1) is 18.0 Å². The Bertz CT molecular complexity index is 1440. The second kappa shape index (κ2) is 11.3. The SMILES string of the molecule is CC1=C(C#N)C(=O)N(CC(C)C)C(=O)/C1=C/c1cn(-c2ccccc2)nc1-c1ccc(OCC(C)C)cc1. The number of rotatable bonds is 8. The lowest BCUT2D eigenvalue weighted by atomic mass is 9.92. The van der Waals surface area contributed by atoms with Crippen LogP contribution < -0.4 is 4.74 Å². The Balaban J connectivity index is 1.84. The summed E-state index contributed by atoms with van der Waals surface area (Å²) in [5.41, 5.74) is 3.76. The van der Waals surface area contributed by atoms with Crippen LogP contribution in [0.4, 0.5) is 0 Å². The van der Waals surface area contributed by atoms with E-state index in [1.165, 1.54) is 4.90 Å². The average molecular weight is 509 g/mol. The molecule has 3 aromatic rings. The molecule has 0 bridgehead atoms. The van der Waals surface area contributed by atoms with Gasteiger partial charge < -0.3 is 4.74 Å². The van der Waals surface area contributed by atoms with Crippen molar-refractivity contribution >= 4 is 17.9 Å². The van der Waals surface area contributed by atoms with E-state index in [9.17, 15) is 14.9 Å². The number of carbonyl (C=O) groups excluding carboxylic acids is 2. The maximum Gasteiger partial charge on any atom is 0.271 e. The molecular formula is C31H32N4O3. The maximum atomic E-state index is 13.5. The van der Waals surface area contributed by atoms with E-state index in [0.29, 0.717) is 34.9 Å². The van der Waals surface area contributed by atoms with Crippen molar-refractivity contribution in [2.75, 3.05) is 13.2 Å². The first kappa shape index (κ1) is 26.6. The highest BCUT2D eigenvalue weighted by Gasteiger charge is 2.36. The Labute approximate surface area is 223 Å². The molecule has 0 N–H and O–H groups in total. The third-order valence-corrected chi connectivity index (χ3v) is 6.15. The van der Waals surface area contributed by atoms with E-state index in [2.05, 4.69) is 13.8 Å². The van der Waals surface area contributed by atoms with Gasteiger partial charge in [0.15, 0.2) is 0 Å². The number of hydrogen-bond acceptors (Lipinski definition) is 5. The topological polar surface area (TPSA) is 88.2 Å². The fraction of sp³-hybridized carbons (Fsp3) is 0.290. The van der Waals surface area contributed by atoms with Crippen LogP contribution in [-0.2, 0) is 9.59 Å². The highest BCUT2D eigenvalue weighted by molar-refractivity contribution is 6.19. The summed E-state index contributed by atoms with van der Waals surface area (Å²) in [6.45, 7) is 10.6. The molecule has 2 aromatic carbocycles. The van der Waals surface area contributed by atoms with Crippen LogP contribution in [-0.4, -0.2) is 39.6 Å². The summed E-state index contributed by atoms with van der Waals surface area (Å²) in [7, 11) is 0. The van der Waals surface area contributed by atoms with Gasteiger partial charge in [-0.2, -0.15) is 10.4 Å². The van der Waals surface area contributed by atoms with Crippen molar-refractivity contribution < 1.29 is 14.3 Å². The number of imide groups is 1. The summed E-state index contributed by atoms with van der Waals surface area (Å²) in [5.74, 6) is 0.302. The zero-order valence-corrected chi connectivity index (χ0v) is 22.4. The molecule has 0 atom stereocenters. The van der Waals surface area contributed by atoms with Gasteiger partial charge in [-0.15, -0.1) is 0 Å². The van der Waals surface area contributed by atoms with Crippen LogP contribution in [0, 0.1) is 23.2 Å². The molecule has 0 saturated carbocycles. The molecule has 38 heavy (non-hydrogen) atoms. The number of para-hydroxylation sites is 1. The maximum absolute atomic E-state index is 13.5. The van der Waals surface area contributed by atoms with Crippen molar-refractivity contribution in [2.24, 2.45) is 11.8 Å². The van der Waals surface area contributed by atoms with Gasteiger partial charge in [-0.3, -0.25) is 14.5 Å². The molecular weight excluding hydrogens is 476 g/mol. The van der Waals surface area contributed by atoms with Crippen LogP contribution in [0.1, 0.15) is 40.2 Å². The number of carbonyl (C=O) groups is 2. The average Bonchev–Trinajstić information content (AvgIpc) is 3.33. The zero-order chi connectivity index (χ0) is 27.4. The van der Waals surface area contributed by atoms with Crippen LogP contribution in [0.2, 0.25) is 0 Å². The molecule has 4 rings (SSSR count). The van der Waals surface area contributed by atoms with Gasteiger partial charge in [-0.05, 0) is 66.8 Å². The minimum atomic E-state index is -0.543. The van der Waals surface area contributed by atoms with E-state index in [1.54, 1.807) is 17.7 Å². The predicted molar refractivity (Wildman–Crippen MR) is 147 cm³/mol. The number of aromatic nitrogens is 2. The van der Waals surface area contributed by atoms with Crippen LogP contribution in [0.5, 0.6) is 5.75 Å². The molecule has 0 saturated heterocycles. The summed E-state index contributed by atoms with van der Waals surface area (Å²) in [5, 5.41) is 14.6. The number of ether oxygens (including phenoxy) is 1. The first-order valence-corrected chi connectivity index (χ1v) is 12.8. The highest BCUT2D eigenvalue weighted by Crippen LogP contribution is 2.32. The van der Waals surface area contributed by atoms with Gasteiger partial charge >= 0.3 is 0 Å². The Morgan fingerprint density at radius 1 is 0.974 bits per heavy atom. The van der Waals surface area contributed by atoms with Crippen LogP contribution in [0.25, 0.3) is 23.0 Å². The molecule has 0 aliphatic carbocycles. The fourth-order valence-electron chi connectivity index (χ4n) is 4.22. The van der Waals surface area contributed by atoms with E-state index in [0.717, 1.165) is 17.0 Å². The van der Waals surface area contributed by atoms with Crippen molar-refractivity contribution in [3.63, 3.8) is 0 Å². The first-order valence-electron chi connectivity index (χ1n) is 12.8. The molecule has 2 heterocycles. The van der Waals surface area contributed by atoms with Gasteiger partial charge in [0.25, 0.3) is 11.8 Å². The van der Waals surface area contributed by atoms with E-state index in [4.69, 9.17) is 9.84 Å². The Kier molecular flexibility index (Phi) is 7.92. The van der Waals surface area contributed by atoms with Crippen LogP contribution in [0.15, 0.2) is 77.5 Å². The Morgan fingerprint density at radius 3 is 2.26 bits per heavy atom. The molecule has 0 radical (unpaired) electrons. The van der Waals surface area contributed by atoms with Crippen LogP contribution in [0.3, 0.4) is 0 Å². The molecule has 7 heteroatoms. The normalized spacial score (nSPS) is 15.1.